The second kappa shape index (κ2) is 4.57. The summed E-state index contributed by atoms with van der Waals surface area (Å²) in [5.41, 5.74) is 6.03. The van der Waals surface area contributed by atoms with Gasteiger partial charge in [-0.15, -0.1) is 0 Å². The van der Waals surface area contributed by atoms with E-state index in [0.717, 1.165) is 0 Å². The Morgan fingerprint density at radius 3 is 2.72 bits per heavy atom. The molecule has 0 bridgehead atoms. The molecule has 1 aliphatic rings. The SMILES string of the molecule is N#Cc1ccc(S(=O)(=O)N2CCC(O)C2)c(N)c1. The Bertz CT molecular complexity index is 606. The van der Waals surface area contributed by atoms with Crippen molar-refractivity contribution in [1.82, 2.24) is 4.31 Å². The number of benzene rings is 1. The quantitative estimate of drug-likeness (QED) is 0.727. The van der Waals surface area contributed by atoms with Crippen molar-refractivity contribution in [2.45, 2.75) is 17.4 Å². The lowest BCUT2D eigenvalue weighted by Crippen LogP contribution is -2.30. The van der Waals surface area contributed by atoms with Crippen LogP contribution < -0.4 is 5.73 Å². The summed E-state index contributed by atoms with van der Waals surface area (Å²) in [6, 6.07) is 5.97. The van der Waals surface area contributed by atoms with Gasteiger partial charge in [0.1, 0.15) is 4.90 Å². The van der Waals surface area contributed by atoms with Crippen LogP contribution in [0.3, 0.4) is 0 Å². The van der Waals surface area contributed by atoms with Crippen LogP contribution in [0.1, 0.15) is 12.0 Å². The first kappa shape index (κ1) is 12.8. The number of aliphatic hydroxyl groups excluding tert-OH is 1. The smallest absolute Gasteiger partial charge is 0.245 e. The molecule has 0 aliphatic carbocycles. The monoisotopic (exact) mass is 267 g/mol. The number of anilines is 1. The summed E-state index contributed by atoms with van der Waals surface area (Å²) < 4.78 is 25.7. The molecule has 0 radical (unpaired) electrons. The van der Waals surface area contributed by atoms with Crippen LogP contribution in [-0.2, 0) is 10.0 Å². The van der Waals surface area contributed by atoms with Gasteiger partial charge < -0.3 is 10.8 Å². The fourth-order valence-corrected chi connectivity index (χ4v) is 3.51. The predicted octanol–water partition coefficient (Wildman–Crippen LogP) is -0.104. The van der Waals surface area contributed by atoms with Crippen molar-refractivity contribution >= 4 is 15.7 Å². The largest absolute Gasteiger partial charge is 0.398 e. The van der Waals surface area contributed by atoms with E-state index in [-0.39, 0.29) is 23.7 Å². The average Bonchev–Trinajstić information content (AvgIpc) is 2.76. The molecule has 6 nitrogen and oxygen atoms in total. The summed E-state index contributed by atoms with van der Waals surface area (Å²) in [5.74, 6) is 0. The number of nitrogens with zero attached hydrogens (tertiary/aromatic N) is 2. The number of nitrogens with two attached hydrogens (primary N) is 1. The first-order valence-electron chi connectivity index (χ1n) is 5.43. The lowest BCUT2D eigenvalue weighted by Gasteiger charge is -2.17. The average molecular weight is 267 g/mol. The van der Waals surface area contributed by atoms with Crippen LogP contribution >= 0.6 is 0 Å². The van der Waals surface area contributed by atoms with Gasteiger partial charge in [-0.2, -0.15) is 9.57 Å². The fourth-order valence-electron chi connectivity index (χ4n) is 1.92. The third kappa shape index (κ3) is 2.18. The lowest BCUT2D eigenvalue weighted by atomic mass is 10.2. The lowest BCUT2D eigenvalue weighted by molar-refractivity contribution is 0.189. The summed E-state index contributed by atoms with van der Waals surface area (Å²) >= 11 is 0. The topological polar surface area (TPSA) is 107 Å². The highest BCUT2D eigenvalue weighted by Crippen LogP contribution is 2.26. The van der Waals surface area contributed by atoms with Crippen molar-refractivity contribution < 1.29 is 13.5 Å². The van der Waals surface area contributed by atoms with E-state index < -0.39 is 16.1 Å². The Morgan fingerprint density at radius 1 is 1.50 bits per heavy atom. The van der Waals surface area contributed by atoms with Gasteiger partial charge in [-0.05, 0) is 24.6 Å². The number of sulfonamides is 1. The Balaban J connectivity index is 2.39. The van der Waals surface area contributed by atoms with E-state index in [0.29, 0.717) is 12.0 Å². The highest BCUT2D eigenvalue weighted by molar-refractivity contribution is 7.89. The van der Waals surface area contributed by atoms with E-state index in [2.05, 4.69) is 0 Å². The van der Waals surface area contributed by atoms with Crippen molar-refractivity contribution in [2.24, 2.45) is 0 Å². The molecular weight excluding hydrogens is 254 g/mol. The molecule has 0 saturated carbocycles. The summed E-state index contributed by atoms with van der Waals surface area (Å²) in [7, 11) is -3.69. The van der Waals surface area contributed by atoms with E-state index in [4.69, 9.17) is 11.0 Å². The van der Waals surface area contributed by atoms with E-state index in [1.807, 2.05) is 6.07 Å². The zero-order chi connectivity index (χ0) is 13.3. The molecule has 0 amide bonds. The molecule has 1 fully saturated rings. The summed E-state index contributed by atoms with van der Waals surface area (Å²) in [5, 5.41) is 18.1. The van der Waals surface area contributed by atoms with E-state index >= 15 is 0 Å². The van der Waals surface area contributed by atoms with Crippen LogP contribution in [0.25, 0.3) is 0 Å². The first-order valence-corrected chi connectivity index (χ1v) is 6.87. The molecule has 3 N–H and O–H groups in total. The number of nitriles is 1. The third-order valence-electron chi connectivity index (χ3n) is 2.88. The number of β-amino-alcohol motifs (C(OH)–C–C–N with tert-alkyl or cyclic N) is 1. The molecule has 1 saturated heterocycles. The van der Waals surface area contributed by atoms with Crippen molar-refractivity contribution in [1.29, 1.82) is 5.26 Å². The van der Waals surface area contributed by atoms with Crippen LogP contribution in [-0.4, -0.2) is 37.0 Å². The Kier molecular flexibility index (Phi) is 3.26. The van der Waals surface area contributed by atoms with Crippen molar-refractivity contribution in [3.05, 3.63) is 23.8 Å². The molecule has 1 heterocycles. The van der Waals surface area contributed by atoms with Gasteiger partial charge in [-0.25, -0.2) is 8.42 Å². The standard InChI is InChI=1S/C11H13N3O3S/c12-6-8-1-2-11(10(13)5-8)18(16,17)14-4-3-9(15)7-14/h1-2,5,9,15H,3-4,7,13H2. The van der Waals surface area contributed by atoms with Gasteiger partial charge >= 0.3 is 0 Å². The van der Waals surface area contributed by atoms with Crippen LogP contribution in [0.4, 0.5) is 5.69 Å². The maximum atomic E-state index is 12.3. The van der Waals surface area contributed by atoms with Gasteiger partial charge in [0, 0.05) is 13.1 Å². The minimum Gasteiger partial charge on any atom is -0.398 e. The van der Waals surface area contributed by atoms with Crippen molar-refractivity contribution in [2.75, 3.05) is 18.8 Å². The summed E-state index contributed by atoms with van der Waals surface area (Å²) in [4.78, 5) is -0.0180. The van der Waals surface area contributed by atoms with Gasteiger partial charge in [0.25, 0.3) is 0 Å². The molecule has 18 heavy (non-hydrogen) atoms. The maximum absolute atomic E-state index is 12.3. The Labute approximate surface area is 105 Å². The minimum absolute atomic E-state index is 0.0180. The molecule has 2 rings (SSSR count). The van der Waals surface area contributed by atoms with Gasteiger partial charge in [-0.1, -0.05) is 0 Å². The van der Waals surface area contributed by atoms with Crippen molar-refractivity contribution in [3.63, 3.8) is 0 Å². The zero-order valence-electron chi connectivity index (χ0n) is 9.57. The summed E-state index contributed by atoms with van der Waals surface area (Å²) in [6.07, 6.45) is -0.200. The summed E-state index contributed by atoms with van der Waals surface area (Å²) in [6.45, 7) is 0.366. The number of rotatable bonds is 2. The molecular formula is C11H13N3O3S. The van der Waals surface area contributed by atoms with Crippen LogP contribution in [0.15, 0.2) is 23.1 Å². The van der Waals surface area contributed by atoms with E-state index in [1.54, 1.807) is 0 Å². The second-order valence-electron chi connectivity index (χ2n) is 4.17. The Hall–Kier alpha value is -1.62. The number of aliphatic hydroxyl groups is 1. The molecule has 7 heteroatoms. The number of hydrogen-bond acceptors (Lipinski definition) is 5. The normalized spacial score (nSPS) is 20.8. The molecule has 0 spiro atoms. The molecule has 1 aromatic carbocycles. The van der Waals surface area contributed by atoms with Crippen LogP contribution in [0.5, 0.6) is 0 Å². The second-order valence-corrected chi connectivity index (χ2v) is 6.08. The number of hydrogen-bond donors (Lipinski definition) is 2. The Morgan fingerprint density at radius 2 is 2.22 bits per heavy atom. The molecule has 96 valence electrons. The number of nitrogen functional groups attached to an aromatic ring is 1. The molecule has 1 atom stereocenters. The third-order valence-corrected chi connectivity index (χ3v) is 4.82. The predicted molar refractivity (Wildman–Crippen MR) is 65.0 cm³/mol. The molecule has 0 aromatic heterocycles. The van der Waals surface area contributed by atoms with Crippen LogP contribution in [0.2, 0.25) is 0 Å². The first-order chi connectivity index (χ1) is 8.45. The highest BCUT2D eigenvalue weighted by atomic mass is 32.2. The van der Waals surface area contributed by atoms with Gasteiger partial charge in [0.2, 0.25) is 10.0 Å². The van der Waals surface area contributed by atoms with Crippen molar-refractivity contribution in [3.8, 4) is 6.07 Å². The van der Waals surface area contributed by atoms with Gasteiger partial charge in [0.15, 0.2) is 0 Å². The minimum atomic E-state index is -3.69. The molecule has 1 aromatic rings. The van der Waals surface area contributed by atoms with Gasteiger partial charge in [0.05, 0.1) is 23.4 Å². The fraction of sp³-hybridized carbons (Fsp3) is 0.364. The van der Waals surface area contributed by atoms with Crippen LogP contribution in [0, 0.1) is 11.3 Å². The van der Waals surface area contributed by atoms with E-state index in [1.165, 1.54) is 22.5 Å². The maximum Gasteiger partial charge on any atom is 0.245 e. The van der Waals surface area contributed by atoms with E-state index in [9.17, 15) is 13.5 Å². The molecule has 1 unspecified atom stereocenters. The highest BCUT2D eigenvalue weighted by Gasteiger charge is 2.32. The molecule has 1 aliphatic heterocycles. The van der Waals surface area contributed by atoms with Gasteiger partial charge in [-0.3, -0.25) is 0 Å². The zero-order valence-corrected chi connectivity index (χ0v) is 10.4.